The quantitative estimate of drug-likeness (QED) is 0.675. The molecule has 2 heterocycles. The van der Waals surface area contributed by atoms with Gasteiger partial charge < -0.3 is 0 Å². The minimum atomic E-state index is -0.00557. The molecule has 3 aromatic rings. The molecule has 0 N–H and O–H groups in total. The fourth-order valence-corrected chi connectivity index (χ4v) is 4.08. The van der Waals surface area contributed by atoms with Gasteiger partial charge in [-0.15, -0.1) is 0 Å². The lowest BCUT2D eigenvalue weighted by Gasteiger charge is -2.41. The second-order valence-electron chi connectivity index (χ2n) is 7.69. The summed E-state index contributed by atoms with van der Waals surface area (Å²) in [7, 11) is 0. The number of pyridine rings is 1. The van der Waals surface area contributed by atoms with Crippen molar-refractivity contribution in [2.24, 2.45) is 11.8 Å². The summed E-state index contributed by atoms with van der Waals surface area (Å²) in [5.41, 5.74) is 2.45. The second kappa shape index (κ2) is 7.49. The molecule has 0 aliphatic carbocycles. The van der Waals surface area contributed by atoms with Gasteiger partial charge in [-0.1, -0.05) is 50.2 Å². The molecule has 1 aromatic heterocycles. The summed E-state index contributed by atoms with van der Waals surface area (Å²) in [5.74, 6) is 1.09. The van der Waals surface area contributed by atoms with Gasteiger partial charge in [-0.2, -0.15) is 0 Å². The number of piperidine rings is 1. The van der Waals surface area contributed by atoms with Gasteiger partial charge in [0.1, 0.15) is 0 Å². The smallest absolute Gasteiger partial charge is 0.267 e. The third-order valence-electron chi connectivity index (χ3n) is 5.17. The Kier molecular flexibility index (Phi) is 4.90. The summed E-state index contributed by atoms with van der Waals surface area (Å²) in [5, 5.41) is 5.07. The number of hydrogen-bond acceptors (Lipinski definition) is 3. The number of benzene rings is 2. The van der Waals surface area contributed by atoms with E-state index >= 15 is 0 Å². The van der Waals surface area contributed by atoms with Crippen LogP contribution in [0.25, 0.3) is 10.9 Å². The molecule has 138 valence electrons. The van der Waals surface area contributed by atoms with Gasteiger partial charge in [-0.25, -0.2) is 10.0 Å². The van der Waals surface area contributed by atoms with Gasteiger partial charge in [0, 0.05) is 24.0 Å². The van der Waals surface area contributed by atoms with Crippen LogP contribution in [0.4, 0.5) is 5.69 Å². The average Bonchev–Trinajstić information content (AvgIpc) is 2.68. The molecule has 2 unspecified atom stereocenters. The van der Waals surface area contributed by atoms with Gasteiger partial charge >= 0.3 is 0 Å². The first kappa shape index (κ1) is 17.7. The summed E-state index contributed by atoms with van der Waals surface area (Å²) in [4.78, 5) is 18.0. The van der Waals surface area contributed by atoms with Crippen LogP contribution in [0.15, 0.2) is 66.9 Å². The molecule has 1 aliphatic rings. The highest BCUT2D eigenvalue weighted by Gasteiger charge is 2.31. The van der Waals surface area contributed by atoms with Crippen LogP contribution in [-0.4, -0.2) is 29.0 Å². The van der Waals surface area contributed by atoms with E-state index in [1.165, 1.54) is 6.42 Å². The first-order chi connectivity index (χ1) is 13.1. The zero-order valence-electron chi connectivity index (χ0n) is 15.9. The van der Waals surface area contributed by atoms with Crippen LogP contribution < -0.4 is 5.01 Å². The minimum absolute atomic E-state index is 0.00557. The molecule has 2 atom stereocenters. The van der Waals surface area contributed by atoms with Crippen molar-refractivity contribution in [2.45, 2.75) is 20.3 Å². The second-order valence-corrected chi connectivity index (χ2v) is 7.69. The number of carbonyl (C=O) groups is 1. The minimum Gasteiger partial charge on any atom is -0.267 e. The van der Waals surface area contributed by atoms with Crippen molar-refractivity contribution in [1.82, 2.24) is 9.99 Å². The van der Waals surface area contributed by atoms with Crippen molar-refractivity contribution >= 4 is 22.5 Å². The lowest BCUT2D eigenvalue weighted by Crippen LogP contribution is -2.53. The number of rotatable bonds is 3. The van der Waals surface area contributed by atoms with Gasteiger partial charge in [-0.3, -0.25) is 9.78 Å². The van der Waals surface area contributed by atoms with Gasteiger partial charge in [0.15, 0.2) is 0 Å². The highest BCUT2D eigenvalue weighted by Crippen LogP contribution is 2.28. The summed E-state index contributed by atoms with van der Waals surface area (Å²) >= 11 is 0. The molecule has 0 saturated carbocycles. The summed E-state index contributed by atoms with van der Waals surface area (Å²) in [6.07, 6.45) is 3.01. The number of aromatic nitrogens is 1. The lowest BCUT2D eigenvalue weighted by molar-refractivity contribution is 0.0783. The zero-order chi connectivity index (χ0) is 18.8. The number of hydrogen-bond donors (Lipinski definition) is 0. The van der Waals surface area contributed by atoms with Crippen molar-refractivity contribution in [2.75, 3.05) is 18.1 Å². The standard InChI is InChI=1S/C23H25N3O/c1-17-12-18(2)16-25(15-17)26(23(27)19-8-4-3-5-9-19)21-13-20-10-6-7-11-22(20)24-14-21/h3-11,13-14,17-18H,12,15-16H2,1-2H3. The molecule has 4 rings (SSSR count). The Balaban J connectivity index is 1.78. The Morgan fingerprint density at radius 1 is 1.00 bits per heavy atom. The molecule has 27 heavy (non-hydrogen) atoms. The molecule has 0 bridgehead atoms. The van der Waals surface area contributed by atoms with Gasteiger partial charge in [0.25, 0.3) is 5.91 Å². The van der Waals surface area contributed by atoms with Crippen molar-refractivity contribution in [3.05, 3.63) is 72.4 Å². The van der Waals surface area contributed by atoms with E-state index in [2.05, 4.69) is 29.9 Å². The molecule has 1 saturated heterocycles. The molecule has 4 nitrogen and oxygen atoms in total. The predicted molar refractivity (Wildman–Crippen MR) is 110 cm³/mol. The van der Waals surface area contributed by atoms with Crippen LogP contribution in [0.3, 0.4) is 0 Å². The molecule has 1 aliphatic heterocycles. The van der Waals surface area contributed by atoms with Crippen molar-refractivity contribution in [3.63, 3.8) is 0 Å². The molecule has 4 heteroatoms. The zero-order valence-corrected chi connectivity index (χ0v) is 15.9. The third-order valence-corrected chi connectivity index (χ3v) is 5.17. The molecule has 0 radical (unpaired) electrons. The summed E-state index contributed by atoms with van der Waals surface area (Å²) in [6, 6.07) is 19.6. The summed E-state index contributed by atoms with van der Waals surface area (Å²) < 4.78 is 0. The highest BCUT2D eigenvalue weighted by atomic mass is 16.2. The maximum atomic E-state index is 13.5. The van der Waals surface area contributed by atoms with Gasteiger partial charge in [0.05, 0.1) is 17.4 Å². The fraction of sp³-hybridized carbons (Fsp3) is 0.304. The topological polar surface area (TPSA) is 36.4 Å². The van der Waals surface area contributed by atoms with Crippen LogP contribution in [0.5, 0.6) is 0 Å². The van der Waals surface area contributed by atoms with E-state index in [-0.39, 0.29) is 5.91 Å². The predicted octanol–water partition coefficient (Wildman–Crippen LogP) is 4.77. The number of fused-ring (bicyclic) bond motifs is 1. The maximum Gasteiger partial charge on any atom is 0.272 e. The van der Waals surface area contributed by atoms with E-state index in [1.807, 2.05) is 65.8 Å². The van der Waals surface area contributed by atoms with E-state index in [4.69, 9.17) is 0 Å². The molecular formula is C23H25N3O. The Bertz CT molecular complexity index is 931. The largest absolute Gasteiger partial charge is 0.272 e. The Morgan fingerprint density at radius 2 is 1.67 bits per heavy atom. The van der Waals surface area contributed by atoms with Gasteiger partial charge in [0.2, 0.25) is 0 Å². The molecule has 2 aromatic carbocycles. The summed E-state index contributed by atoms with van der Waals surface area (Å²) in [6.45, 7) is 6.25. The Hall–Kier alpha value is -2.72. The lowest BCUT2D eigenvalue weighted by atomic mass is 9.93. The number of anilines is 1. The molecule has 1 fully saturated rings. The monoisotopic (exact) mass is 359 g/mol. The van der Waals surface area contributed by atoms with Crippen LogP contribution in [-0.2, 0) is 0 Å². The van der Waals surface area contributed by atoms with Crippen molar-refractivity contribution < 1.29 is 4.79 Å². The highest BCUT2D eigenvalue weighted by molar-refractivity contribution is 6.06. The van der Waals surface area contributed by atoms with Gasteiger partial charge in [-0.05, 0) is 42.5 Å². The number of carbonyl (C=O) groups excluding carboxylic acids is 1. The molecule has 0 spiro atoms. The molecular weight excluding hydrogens is 334 g/mol. The number of amides is 1. The first-order valence-corrected chi connectivity index (χ1v) is 9.61. The average molecular weight is 359 g/mol. The van der Waals surface area contributed by atoms with Crippen molar-refractivity contribution in [3.8, 4) is 0 Å². The van der Waals surface area contributed by atoms with E-state index in [1.54, 1.807) is 0 Å². The SMILES string of the molecule is CC1CC(C)CN(N(C(=O)c2ccccc2)c2cnc3ccccc3c2)C1. The van der Waals surface area contributed by atoms with E-state index in [9.17, 15) is 4.79 Å². The third kappa shape index (κ3) is 3.71. The Labute approximate surface area is 160 Å². The number of para-hydroxylation sites is 1. The first-order valence-electron chi connectivity index (χ1n) is 9.61. The van der Waals surface area contributed by atoms with Crippen molar-refractivity contribution in [1.29, 1.82) is 0 Å². The number of hydrazine groups is 1. The molecule has 1 amide bonds. The maximum absolute atomic E-state index is 13.5. The van der Waals surface area contributed by atoms with Crippen LogP contribution in [0, 0.1) is 11.8 Å². The van der Waals surface area contributed by atoms with E-state index in [0.29, 0.717) is 17.4 Å². The fourth-order valence-electron chi connectivity index (χ4n) is 4.08. The normalized spacial score (nSPS) is 20.5. The van der Waals surface area contributed by atoms with Crippen LogP contribution in [0.1, 0.15) is 30.6 Å². The van der Waals surface area contributed by atoms with Crippen LogP contribution in [0.2, 0.25) is 0 Å². The Morgan fingerprint density at radius 3 is 2.41 bits per heavy atom. The van der Waals surface area contributed by atoms with E-state index in [0.717, 1.165) is 29.7 Å². The van der Waals surface area contributed by atoms with Crippen LogP contribution >= 0.6 is 0 Å². The number of nitrogens with zero attached hydrogens (tertiary/aromatic N) is 3. The van der Waals surface area contributed by atoms with E-state index < -0.39 is 0 Å².